The maximum Gasteiger partial charge on any atom is 0.420 e. The van der Waals surface area contributed by atoms with Gasteiger partial charge in [-0.1, -0.05) is 60.1 Å². The third-order valence-corrected chi connectivity index (χ3v) is 8.65. The molecule has 1 fully saturated rings. The number of aromatic nitrogens is 1. The zero-order valence-corrected chi connectivity index (χ0v) is 33.4. The third-order valence-electron chi connectivity index (χ3n) is 8.16. The molecule has 0 bridgehead atoms. The Bertz CT molecular complexity index is 1750. The number of likely N-dealkylation sites (tertiary alicyclic amines) is 1. The first-order chi connectivity index (χ1) is 24.8. The topological polar surface area (TPSA) is 119 Å². The second-order valence-electron chi connectivity index (χ2n) is 15.6. The average Bonchev–Trinajstić information content (AvgIpc) is 3.07. The molecular weight excluding hydrogens is 747 g/mol. The summed E-state index contributed by atoms with van der Waals surface area (Å²) >= 11 is 3.26. The highest BCUT2D eigenvalue weighted by Gasteiger charge is 2.32. The number of piperidine rings is 1. The van der Waals surface area contributed by atoms with Crippen molar-refractivity contribution in [2.75, 3.05) is 24.6 Å². The Labute approximate surface area is 319 Å². The molecule has 4 amide bonds. The Morgan fingerprint density at radius 3 is 2.11 bits per heavy atom. The van der Waals surface area contributed by atoms with Crippen molar-refractivity contribution in [3.8, 4) is 0 Å². The lowest BCUT2D eigenvalue weighted by Gasteiger charge is -2.33. The normalized spacial score (nSPS) is 13.8. The number of carbonyl (C=O) groups is 4. The summed E-state index contributed by atoms with van der Waals surface area (Å²) in [4.78, 5) is 61.4. The van der Waals surface area contributed by atoms with Crippen LogP contribution < -0.4 is 4.90 Å². The van der Waals surface area contributed by atoms with Crippen molar-refractivity contribution in [3.63, 3.8) is 0 Å². The van der Waals surface area contributed by atoms with E-state index in [0.29, 0.717) is 41.7 Å². The number of carbonyl (C=O) groups excluding carboxylic acids is 4. The van der Waals surface area contributed by atoms with E-state index >= 15 is 0 Å². The molecule has 1 aliphatic rings. The highest BCUT2D eigenvalue weighted by atomic mass is 79.9. The number of hydrogen-bond acceptors (Lipinski definition) is 8. The van der Waals surface area contributed by atoms with Crippen molar-refractivity contribution in [2.45, 2.75) is 98.4 Å². The van der Waals surface area contributed by atoms with Gasteiger partial charge in [0.25, 0.3) is 5.91 Å². The van der Waals surface area contributed by atoms with E-state index < -0.39 is 35.3 Å². The number of benzene rings is 2. The van der Waals surface area contributed by atoms with Gasteiger partial charge >= 0.3 is 18.3 Å². The van der Waals surface area contributed by atoms with Gasteiger partial charge in [-0.2, -0.15) is 0 Å². The maximum atomic E-state index is 14.8. The minimum atomic E-state index is -0.805. The number of nitrogens with zero attached hydrogens (tertiary/aromatic N) is 4. The average molecular weight is 798 g/mol. The van der Waals surface area contributed by atoms with Crippen LogP contribution >= 0.6 is 15.9 Å². The molecule has 0 spiro atoms. The van der Waals surface area contributed by atoms with E-state index in [1.54, 1.807) is 64.6 Å². The first-order valence-corrected chi connectivity index (χ1v) is 18.5. The Kier molecular flexibility index (Phi) is 13.6. The zero-order valence-electron chi connectivity index (χ0n) is 31.8. The molecule has 0 N–H and O–H groups in total. The molecule has 1 aliphatic heterocycles. The third kappa shape index (κ3) is 12.3. The summed E-state index contributed by atoms with van der Waals surface area (Å²) in [5, 5.41) is 0. The molecule has 0 atom stereocenters. The highest BCUT2D eigenvalue weighted by molar-refractivity contribution is 9.10. The van der Waals surface area contributed by atoms with Crippen molar-refractivity contribution in [2.24, 2.45) is 5.92 Å². The standard InChI is InChI=1S/C40H50BrFN4O7/c1-26(2)25-51-36(48)45(24-30-12-13-32(41)20-34(30)42)33-19-31(21-43-22-33)35(47)44-16-14-28(15-17-44)29-11-9-10-27(18-29)23-46(37(49)52-39(3,4)5)38(50)53-40(6,7)8/h9-13,18-22,26,28H,14-17,23-25H2,1-8H3. The molecule has 3 aromatic rings. The van der Waals surface area contributed by atoms with E-state index in [0.717, 1.165) is 16.0 Å². The Morgan fingerprint density at radius 1 is 0.887 bits per heavy atom. The van der Waals surface area contributed by atoms with Crippen LogP contribution in [0.15, 0.2) is 65.4 Å². The second-order valence-corrected chi connectivity index (χ2v) is 16.5. The smallest absolute Gasteiger partial charge is 0.420 e. The summed E-state index contributed by atoms with van der Waals surface area (Å²) in [7, 11) is 0. The van der Waals surface area contributed by atoms with Crippen LogP contribution in [0, 0.1) is 11.7 Å². The molecule has 4 rings (SSSR count). The lowest BCUT2D eigenvalue weighted by molar-refractivity contribution is -0.000290. The van der Waals surface area contributed by atoms with Crippen molar-refractivity contribution < 1.29 is 37.8 Å². The predicted molar refractivity (Wildman–Crippen MR) is 203 cm³/mol. The van der Waals surface area contributed by atoms with Gasteiger partial charge in [-0.3, -0.25) is 14.7 Å². The van der Waals surface area contributed by atoms with E-state index in [2.05, 4.69) is 20.9 Å². The molecule has 2 heterocycles. The van der Waals surface area contributed by atoms with Gasteiger partial charge in [-0.25, -0.2) is 23.7 Å². The number of imide groups is 1. The van der Waals surface area contributed by atoms with E-state index in [1.807, 2.05) is 38.1 Å². The summed E-state index contributed by atoms with van der Waals surface area (Å²) in [5.74, 6) is -0.502. The number of rotatable bonds is 9. The van der Waals surface area contributed by atoms with E-state index in [4.69, 9.17) is 14.2 Å². The Hall–Kier alpha value is -4.52. The fraction of sp³-hybridized carbons (Fsp3) is 0.475. The highest BCUT2D eigenvalue weighted by Crippen LogP contribution is 2.31. The van der Waals surface area contributed by atoms with Gasteiger partial charge in [-0.15, -0.1) is 0 Å². The van der Waals surface area contributed by atoms with Gasteiger partial charge in [0, 0.05) is 29.3 Å². The van der Waals surface area contributed by atoms with Crippen LogP contribution in [0.5, 0.6) is 0 Å². The quantitative estimate of drug-likeness (QED) is 0.197. The second kappa shape index (κ2) is 17.5. The summed E-state index contributed by atoms with van der Waals surface area (Å²) in [6, 6.07) is 13.9. The lowest BCUT2D eigenvalue weighted by atomic mass is 9.88. The summed E-state index contributed by atoms with van der Waals surface area (Å²) in [6.45, 7) is 15.2. The number of hydrogen-bond donors (Lipinski definition) is 0. The minimum Gasteiger partial charge on any atom is -0.449 e. The Balaban J connectivity index is 1.47. The molecule has 0 radical (unpaired) electrons. The van der Waals surface area contributed by atoms with Crippen molar-refractivity contribution in [1.29, 1.82) is 0 Å². The fourth-order valence-electron chi connectivity index (χ4n) is 5.65. The number of halogens is 2. The number of anilines is 1. The number of ether oxygens (including phenoxy) is 3. The maximum absolute atomic E-state index is 14.8. The van der Waals surface area contributed by atoms with E-state index in [-0.39, 0.29) is 43.0 Å². The van der Waals surface area contributed by atoms with Crippen LogP contribution in [0.1, 0.15) is 101 Å². The molecule has 1 aromatic heterocycles. The van der Waals surface area contributed by atoms with Crippen LogP contribution in [-0.4, -0.2) is 69.9 Å². The Morgan fingerprint density at radius 2 is 1.53 bits per heavy atom. The van der Waals surface area contributed by atoms with Gasteiger partial charge in [0.15, 0.2) is 0 Å². The first kappa shape index (κ1) is 41.2. The van der Waals surface area contributed by atoms with E-state index in [1.165, 1.54) is 23.4 Å². The van der Waals surface area contributed by atoms with Gasteiger partial charge in [0.05, 0.1) is 37.1 Å². The van der Waals surface area contributed by atoms with Crippen LogP contribution in [0.25, 0.3) is 0 Å². The van der Waals surface area contributed by atoms with Crippen molar-refractivity contribution in [1.82, 2.24) is 14.8 Å². The van der Waals surface area contributed by atoms with Gasteiger partial charge in [-0.05, 0) is 95.5 Å². The fourth-order valence-corrected chi connectivity index (χ4v) is 5.99. The molecular formula is C40H50BrFN4O7. The van der Waals surface area contributed by atoms with Crippen LogP contribution in [0.2, 0.25) is 0 Å². The molecule has 1 saturated heterocycles. The zero-order chi connectivity index (χ0) is 39.1. The van der Waals surface area contributed by atoms with Gasteiger partial charge in [0.2, 0.25) is 0 Å². The van der Waals surface area contributed by atoms with Crippen LogP contribution in [0.3, 0.4) is 0 Å². The number of pyridine rings is 1. The molecule has 53 heavy (non-hydrogen) atoms. The molecule has 2 aromatic carbocycles. The largest absolute Gasteiger partial charge is 0.449 e. The van der Waals surface area contributed by atoms with Crippen molar-refractivity contribution in [3.05, 3.63) is 93.5 Å². The molecule has 0 aliphatic carbocycles. The van der Waals surface area contributed by atoms with Crippen molar-refractivity contribution >= 4 is 45.8 Å². The predicted octanol–water partition coefficient (Wildman–Crippen LogP) is 9.47. The lowest BCUT2D eigenvalue weighted by Crippen LogP contribution is -2.43. The summed E-state index contributed by atoms with van der Waals surface area (Å²) < 4.78 is 31.9. The van der Waals surface area contributed by atoms with Gasteiger partial charge in [0.1, 0.15) is 17.0 Å². The molecule has 13 heteroatoms. The monoisotopic (exact) mass is 796 g/mol. The SMILES string of the molecule is CC(C)COC(=O)N(Cc1ccc(Br)cc1F)c1cncc(C(=O)N2CCC(c3cccc(CN(C(=O)OC(C)(C)C)C(=O)OC(C)(C)C)c3)CC2)c1. The van der Waals surface area contributed by atoms with Gasteiger partial charge < -0.3 is 19.1 Å². The summed E-state index contributed by atoms with van der Waals surface area (Å²) in [5.41, 5.74) is 1.04. The molecule has 0 saturated carbocycles. The molecule has 11 nitrogen and oxygen atoms in total. The molecule has 0 unspecified atom stereocenters. The van der Waals surface area contributed by atoms with Crippen LogP contribution in [-0.2, 0) is 27.3 Å². The first-order valence-electron chi connectivity index (χ1n) is 17.7. The van der Waals surface area contributed by atoms with Crippen LogP contribution in [0.4, 0.5) is 24.5 Å². The van der Waals surface area contributed by atoms with E-state index in [9.17, 15) is 23.6 Å². The minimum absolute atomic E-state index is 0.0329. The summed E-state index contributed by atoms with van der Waals surface area (Å²) in [6.07, 6.45) is 2.02. The number of amides is 4. The molecule has 286 valence electrons.